The van der Waals surface area contributed by atoms with Crippen LogP contribution in [0, 0.1) is 0 Å². The lowest BCUT2D eigenvalue weighted by molar-refractivity contribution is -0.115. The molecule has 0 aliphatic heterocycles. The van der Waals surface area contributed by atoms with Gasteiger partial charge in [0.2, 0.25) is 5.91 Å². The van der Waals surface area contributed by atoms with E-state index < -0.39 is 0 Å². The number of aromatic nitrogens is 2. The second-order valence-corrected chi connectivity index (χ2v) is 7.26. The first-order valence-corrected chi connectivity index (χ1v) is 9.87. The maximum Gasteiger partial charge on any atom is 0.230 e. The van der Waals surface area contributed by atoms with Crippen LogP contribution in [0.5, 0.6) is 0 Å². The largest absolute Gasteiger partial charge is 0.326 e. The first-order chi connectivity index (χ1) is 12.1. The van der Waals surface area contributed by atoms with Crippen LogP contribution in [0.4, 0.5) is 16.6 Å². The summed E-state index contributed by atoms with van der Waals surface area (Å²) in [6.45, 7) is 0. The van der Waals surface area contributed by atoms with E-state index in [1.54, 1.807) is 30.1 Å². The fourth-order valence-electron chi connectivity index (χ4n) is 2.05. The van der Waals surface area contributed by atoms with Crippen molar-refractivity contribution in [3.8, 4) is 0 Å². The molecule has 8 heteroatoms. The summed E-state index contributed by atoms with van der Waals surface area (Å²) in [5.41, 5.74) is 1.49. The molecule has 2 aromatic heterocycles. The number of carbonyl (C=O) groups is 1. The molecule has 128 valence electrons. The van der Waals surface area contributed by atoms with Gasteiger partial charge in [-0.05, 0) is 42.7 Å². The molecule has 1 amide bonds. The molecule has 0 unspecified atom stereocenters. The molecule has 0 aliphatic rings. The number of carbonyl (C=O) groups excluding carboxylic acids is 1. The zero-order valence-corrected chi connectivity index (χ0v) is 15.7. The Morgan fingerprint density at radius 2 is 2.04 bits per heavy atom. The number of hydrogen-bond donors (Lipinski definition) is 2. The Labute approximate surface area is 158 Å². The van der Waals surface area contributed by atoms with Gasteiger partial charge in [-0.3, -0.25) is 4.79 Å². The third-order valence-electron chi connectivity index (χ3n) is 3.23. The smallest absolute Gasteiger partial charge is 0.230 e. The second kappa shape index (κ2) is 8.33. The molecule has 3 aromatic rings. The van der Waals surface area contributed by atoms with E-state index in [1.165, 1.54) is 11.3 Å². The summed E-state index contributed by atoms with van der Waals surface area (Å²) in [5, 5.41) is 9.08. The number of rotatable bonds is 6. The number of thiazole rings is 1. The van der Waals surface area contributed by atoms with Crippen molar-refractivity contribution in [2.75, 3.05) is 16.9 Å². The molecular formula is C17H15ClN4OS2. The van der Waals surface area contributed by atoms with Gasteiger partial charge in [0.15, 0.2) is 5.13 Å². The minimum atomic E-state index is -0.0987. The van der Waals surface area contributed by atoms with Gasteiger partial charge in [-0.1, -0.05) is 11.6 Å². The molecule has 0 saturated carbocycles. The monoisotopic (exact) mass is 390 g/mol. The van der Waals surface area contributed by atoms with Crippen LogP contribution in [0.15, 0.2) is 52.9 Å². The third kappa shape index (κ3) is 5.19. The van der Waals surface area contributed by atoms with Crippen LogP contribution in [0.2, 0.25) is 5.02 Å². The number of benzene rings is 1. The molecule has 2 heterocycles. The SMILES string of the molecule is CSc1ccc(NC(=O)Cc2csc(Nc3ccc(Cl)cn3)n2)cc1. The molecule has 0 radical (unpaired) electrons. The normalized spacial score (nSPS) is 10.5. The number of halogens is 1. The maximum absolute atomic E-state index is 12.1. The van der Waals surface area contributed by atoms with Crippen molar-refractivity contribution in [1.29, 1.82) is 0 Å². The minimum absolute atomic E-state index is 0.0987. The van der Waals surface area contributed by atoms with Crippen LogP contribution in [0.1, 0.15) is 5.69 Å². The molecule has 0 bridgehead atoms. The summed E-state index contributed by atoms with van der Waals surface area (Å²) < 4.78 is 0. The van der Waals surface area contributed by atoms with Gasteiger partial charge in [-0.25, -0.2) is 9.97 Å². The Balaban J connectivity index is 1.56. The summed E-state index contributed by atoms with van der Waals surface area (Å²) in [4.78, 5) is 21.9. The molecule has 0 aliphatic carbocycles. The molecule has 0 atom stereocenters. The highest BCUT2D eigenvalue weighted by Gasteiger charge is 2.09. The fourth-order valence-corrected chi connectivity index (χ4v) is 3.29. The number of amides is 1. The summed E-state index contributed by atoms with van der Waals surface area (Å²) in [6.07, 6.45) is 3.80. The lowest BCUT2D eigenvalue weighted by Gasteiger charge is -2.05. The third-order valence-corrected chi connectivity index (χ3v) is 5.00. The quantitative estimate of drug-likeness (QED) is 0.589. The van der Waals surface area contributed by atoms with Crippen LogP contribution >= 0.6 is 34.7 Å². The maximum atomic E-state index is 12.1. The average molecular weight is 391 g/mol. The Morgan fingerprint density at radius 1 is 1.24 bits per heavy atom. The summed E-state index contributed by atoms with van der Waals surface area (Å²) in [5.74, 6) is 0.557. The zero-order chi connectivity index (χ0) is 17.6. The van der Waals surface area contributed by atoms with Gasteiger partial charge in [0.25, 0.3) is 0 Å². The molecule has 0 spiro atoms. The van der Waals surface area contributed by atoms with Crippen molar-refractivity contribution in [2.45, 2.75) is 11.3 Å². The van der Waals surface area contributed by atoms with E-state index in [4.69, 9.17) is 11.6 Å². The standard InChI is InChI=1S/C17H15ClN4OS2/c1-24-14-5-3-12(4-6-14)20-16(23)8-13-10-25-17(21-13)22-15-7-2-11(18)9-19-15/h2-7,9-10H,8H2,1H3,(H,20,23)(H,19,21,22). The summed E-state index contributed by atoms with van der Waals surface area (Å²) in [6, 6.07) is 11.3. The summed E-state index contributed by atoms with van der Waals surface area (Å²) >= 11 is 8.90. The van der Waals surface area contributed by atoms with Crippen molar-refractivity contribution < 1.29 is 4.79 Å². The first-order valence-electron chi connectivity index (χ1n) is 7.39. The van der Waals surface area contributed by atoms with Crippen LogP contribution in [-0.2, 0) is 11.2 Å². The van der Waals surface area contributed by atoms with Crippen LogP contribution in [-0.4, -0.2) is 22.1 Å². The number of nitrogens with zero attached hydrogens (tertiary/aromatic N) is 2. The number of anilines is 3. The van der Waals surface area contributed by atoms with E-state index in [2.05, 4.69) is 20.6 Å². The highest BCUT2D eigenvalue weighted by atomic mass is 35.5. The highest BCUT2D eigenvalue weighted by Crippen LogP contribution is 2.21. The molecule has 25 heavy (non-hydrogen) atoms. The van der Waals surface area contributed by atoms with Crippen molar-refractivity contribution in [3.05, 3.63) is 58.7 Å². The van der Waals surface area contributed by atoms with Gasteiger partial charge < -0.3 is 10.6 Å². The van der Waals surface area contributed by atoms with E-state index >= 15 is 0 Å². The van der Waals surface area contributed by atoms with E-state index in [0.717, 1.165) is 10.6 Å². The predicted molar refractivity (Wildman–Crippen MR) is 105 cm³/mol. The molecule has 3 rings (SSSR count). The number of hydrogen-bond acceptors (Lipinski definition) is 6. The Kier molecular flexibility index (Phi) is 5.91. The van der Waals surface area contributed by atoms with Crippen molar-refractivity contribution in [1.82, 2.24) is 9.97 Å². The van der Waals surface area contributed by atoms with Gasteiger partial charge in [-0.15, -0.1) is 23.1 Å². The van der Waals surface area contributed by atoms with E-state index in [-0.39, 0.29) is 12.3 Å². The fraction of sp³-hybridized carbons (Fsp3) is 0.118. The van der Waals surface area contributed by atoms with Crippen molar-refractivity contribution in [3.63, 3.8) is 0 Å². The number of pyridine rings is 1. The summed E-state index contributed by atoms with van der Waals surface area (Å²) in [7, 11) is 0. The zero-order valence-electron chi connectivity index (χ0n) is 13.3. The molecule has 5 nitrogen and oxygen atoms in total. The Morgan fingerprint density at radius 3 is 2.72 bits per heavy atom. The van der Waals surface area contributed by atoms with Crippen LogP contribution in [0.3, 0.4) is 0 Å². The molecule has 0 fully saturated rings. The molecule has 2 N–H and O–H groups in total. The van der Waals surface area contributed by atoms with Gasteiger partial charge in [-0.2, -0.15) is 0 Å². The average Bonchev–Trinajstić information content (AvgIpc) is 3.04. The van der Waals surface area contributed by atoms with E-state index in [0.29, 0.717) is 21.7 Å². The lowest BCUT2D eigenvalue weighted by atomic mass is 10.3. The number of thioether (sulfide) groups is 1. The topological polar surface area (TPSA) is 66.9 Å². The second-order valence-electron chi connectivity index (χ2n) is 5.08. The Hall–Kier alpha value is -2.09. The van der Waals surface area contributed by atoms with Gasteiger partial charge in [0.05, 0.1) is 17.1 Å². The predicted octanol–water partition coefficient (Wildman–Crippen LogP) is 4.84. The first kappa shape index (κ1) is 17.7. The van der Waals surface area contributed by atoms with Gasteiger partial charge in [0, 0.05) is 22.2 Å². The lowest BCUT2D eigenvalue weighted by Crippen LogP contribution is -2.14. The van der Waals surface area contributed by atoms with Crippen molar-refractivity contribution in [2.24, 2.45) is 0 Å². The van der Waals surface area contributed by atoms with Crippen LogP contribution in [0.25, 0.3) is 0 Å². The molecular weight excluding hydrogens is 376 g/mol. The minimum Gasteiger partial charge on any atom is -0.326 e. The Bertz CT molecular complexity index is 850. The van der Waals surface area contributed by atoms with E-state index in [1.807, 2.05) is 35.9 Å². The number of nitrogens with one attached hydrogen (secondary N) is 2. The van der Waals surface area contributed by atoms with Crippen molar-refractivity contribution >= 4 is 57.2 Å². The van der Waals surface area contributed by atoms with Gasteiger partial charge in [0.1, 0.15) is 5.82 Å². The molecule has 1 aromatic carbocycles. The molecule has 0 saturated heterocycles. The van der Waals surface area contributed by atoms with E-state index in [9.17, 15) is 4.79 Å². The highest BCUT2D eigenvalue weighted by molar-refractivity contribution is 7.98. The van der Waals surface area contributed by atoms with Gasteiger partial charge >= 0.3 is 0 Å². The van der Waals surface area contributed by atoms with Crippen LogP contribution < -0.4 is 10.6 Å².